The molecule has 134 valence electrons. The van der Waals surface area contributed by atoms with E-state index in [0.717, 1.165) is 10.1 Å². The summed E-state index contributed by atoms with van der Waals surface area (Å²) < 4.78 is 6.39. The molecule has 2 amide bonds. The molecular formula is C19H17ClN2O3S. The van der Waals surface area contributed by atoms with Gasteiger partial charge in [-0.05, 0) is 25.1 Å². The molecule has 0 atom stereocenters. The van der Waals surface area contributed by atoms with Crippen LogP contribution in [0.5, 0.6) is 5.75 Å². The van der Waals surface area contributed by atoms with Gasteiger partial charge in [0.15, 0.2) is 6.61 Å². The topological polar surface area (TPSA) is 67.4 Å². The number of hydrogen-bond acceptors (Lipinski definition) is 4. The minimum atomic E-state index is -0.280. The lowest BCUT2D eigenvalue weighted by molar-refractivity contribution is -0.122. The van der Waals surface area contributed by atoms with Crippen LogP contribution in [0.3, 0.4) is 0 Å². The number of amides is 2. The van der Waals surface area contributed by atoms with Crippen LogP contribution in [-0.2, 0) is 4.79 Å². The number of anilines is 1. The Kier molecular flexibility index (Phi) is 5.75. The summed E-state index contributed by atoms with van der Waals surface area (Å²) in [5.41, 5.74) is 0.567. The summed E-state index contributed by atoms with van der Waals surface area (Å²) in [7, 11) is 0. The van der Waals surface area contributed by atoms with Crippen LogP contribution in [-0.4, -0.2) is 25.0 Å². The molecule has 2 aromatic carbocycles. The number of benzene rings is 2. The molecule has 0 spiro atoms. The Labute approximate surface area is 159 Å². The lowest BCUT2D eigenvalue weighted by Crippen LogP contribution is -2.28. The summed E-state index contributed by atoms with van der Waals surface area (Å²) in [5, 5.41) is 6.79. The van der Waals surface area contributed by atoms with Crippen LogP contribution in [0.1, 0.15) is 16.6 Å². The molecule has 1 heterocycles. The van der Waals surface area contributed by atoms with Crippen molar-refractivity contribution in [2.45, 2.75) is 6.92 Å². The maximum Gasteiger partial charge on any atom is 0.267 e. The average Bonchev–Trinajstić information content (AvgIpc) is 2.98. The van der Waals surface area contributed by atoms with Crippen molar-refractivity contribution in [2.24, 2.45) is 0 Å². The van der Waals surface area contributed by atoms with Gasteiger partial charge in [0.05, 0.1) is 5.02 Å². The largest absolute Gasteiger partial charge is 0.484 e. The highest BCUT2D eigenvalue weighted by Gasteiger charge is 2.17. The second kappa shape index (κ2) is 8.21. The fourth-order valence-corrected chi connectivity index (χ4v) is 3.82. The van der Waals surface area contributed by atoms with E-state index in [9.17, 15) is 9.59 Å². The van der Waals surface area contributed by atoms with E-state index in [-0.39, 0.29) is 18.4 Å². The SMILES string of the molecule is CCNC(=O)COc1cccc(NC(=O)c2sc3ccccc3c2Cl)c1. The van der Waals surface area contributed by atoms with E-state index in [4.69, 9.17) is 16.3 Å². The molecule has 0 fully saturated rings. The standard InChI is InChI=1S/C19H17ClN2O3S/c1-2-21-16(23)11-25-13-7-5-6-12(10-13)22-19(24)18-17(20)14-8-3-4-9-15(14)26-18/h3-10H,2,11H2,1H3,(H,21,23)(H,22,24). The second-order valence-electron chi connectivity index (χ2n) is 5.47. The number of hydrogen-bond donors (Lipinski definition) is 2. The van der Waals surface area contributed by atoms with Gasteiger partial charge >= 0.3 is 0 Å². The Balaban J connectivity index is 1.72. The van der Waals surface area contributed by atoms with Gasteiger partial charge in [-0.25, -0.2) is 0 Å². The number of likely N-dealkylation sites (N-methyl/N-ethyl adjacent to an activating group) is 1. The van der Waals surface area contributed by atoms with Gasteiger partial charge in [0.25, 0.3) is 11.8 Å². The van der Waals surface area contributed by atoms with Crippen molar-refractivity contribution in [3.05, 3.63) is 58.4 Å². The van der Waals surface area contributed by atoms with Crippen molar-refractivity contribution < 1.29 is 14.3 Å². The quantitative estimate of drug-likeness (QED) is 0.660. The molecule has 0 aliphatic rings. The summed E-state index contributed by atoms with van der Waals surface area (Å²) >= 11 is 7.69. The molecule has 0 unspecified atom stereocenters. The monoisotopic (exact) mass is 388 g/mol. The van der Waals surface area contributed by atoms with E-state index in [0.29, 0.717) is 27.9 Å². The summed E-state index contributed by atoms with van der Waals surface area (Å²) in [6.45, 7) is 2.31. The molecule has 0 saturated heterocycles. The van der Waals surface area contributed by atoms with E-state index >= 15 is 0 Å². The Morgan fingerprint density at radius 1 is 1.15 bits per heavy atom. The van der Waals surface area contributed by atoms with E-state index in [1.165, 1.54) is 11.3 Å². The zero-order valence-corrected chi connectivity index (χ0v) is 15.6. The Bertz CT molecular complexity index is 955. The first-order valence-corrected chi connectivity index (χ1v) is 9.26. The number of ether oxygens (including phenoxy) is 1. The summed E-state index contributed by atoms with van der Waals surface area (Å²) in [5.74, 6) is 0.0209. The zero-order valence-electron chi connectivity index (χ0n) is 14.0. The van der Waals surface area contributed by atoms with Crippen LogP contribution in [0, 0.1) is 0 Å². The third-order valence-corrected chi connectivity index (χ3v) is 5.25. The van der Waals surface area contributed by atoms with Gasteiger partial charge in [0.1, 0.15) is 10.6 Å². The molecule has 2 N–H and O–H groups in total. The number of rotatable bonds is 6. The van der Waals surface area contributed by atoms with Crippen molar-refractivity contribution in [2.75, 3.05) is 18.5 Å². The normalized spacial score (nSPS) is 10.5. The highest BCUT2D eigenvalue weighted by atomic mass is 35.5. The van der Waals surface area contributed by atoms with Gasteiger partial charge in [0.2, 0.25) is 0 Å². The van der Waals surface area contributed by atoms with Crippen molar-refractivity contribution in [1.29, 1.82) is 0 Å². The first-order chi connectivity index (χ1) is 12.6. The van der Waals surface area contributed by atoms with Gasteiger partial charge in [-0.1, -0.05) is 35.9 Å². The molecule has 0 aliphatic heterocycles. The van der Waals surface area contributed by atoms with Gasteiger partial charge < -0.3 is 15.4 Å². The summed E-state index contributed by atoms with van der Waals surface area (Å²) in [6.07, 6.45) is 0. The highest BCUT2D eigenvalue weighted by Crippen LogP contribution is 2.35. The second-order valence-corrected chi connectivity index (χ2v) is 6.90. The molecule has 0 radical (unpaired) electrons. The molecule has 7 heteroatoms. The minimum Gasteiger partial charge on any atom is -0.484 e. The van der Waals surface area contributed by atoms with E-state index in [1.807, 2.05) is 31.2 Å². The lowest BCUT2D eigenvalue weighted by Gasteiger charge is -2.09. The third-order valence-electron chi connectivity index (χ3n) is 3.58. The number of thiophene rings is 1. The van der Waals surface area contributed by atoms with E-state index in [1.54, 1.807) is 24.3 Å². The third kappa shape index (κ3) is 4.15. The Morgan fingerprint density at radius 3 is 2.73 bits per heavy atom. The van der Waals surface area contributed by atoms with Gasteiger partial charge in [-0.15, -0.1) is 11.3 Å². The minimum absolute atomic E-state index is 0.0760. The van der Waals surface area contributed by atoms with Crippen molar-refractivity contribution in [3.8, 4) is 5.75 Å². The van der Waals surface area contributed by atoms with Crippen molar-refractivity contribution in [3.63, 3.8) is 0 Å². The van der Waals surface area contributed by atoms with Gasteiger partial charge in [-0.3, -0.25) is 9.59 Å². The molecule has 3 rings (SSSR count). The number of nitrogens with one attached hydrogen (secondary N) is 2. The highest BCUT2D eigenvalue weighted by molar-refractivity contribution is 7.21. The van der Waals surface area contributed by atoms with Crippen LogP contribution in [0.4, 0.5) is 5.69 Å². The molecule has 3 aromatic rings. The van der Waals surface area contributed by atoms with Crippen LogP contribution >= 0.6 is 22.9 Å². The predicted octanol–water partition coefficient (Wildman–Crippen LogP) is 4.32. The molecule has 5 nitrogen and oxygen atoms in total. The molecule has 0 bridgehead atoms. The molecular weight excluding hydrogens is 372 g/mol. The first-order valence-electron chi connectivity index (χ1n) is 8.06. The van der Waals surface area contributed by atoms with Crippen LogP contribution in [0.15, 0.2) is 48.5 Å². The van der Waals surface area contributed by atoms with Crippen LogP contribution in [0.2, 0.25) is 5.02 Å². The maximum atomic E-state index is 12.6. The number of halogens is 1. The molecule has 26 heavy (non-hydrogen) atoms. The number of carbonyl (C=O) groups is 2. The molecule has 0 saturated carbocycles. The predicted molar refractivity (Wildman–Crippen MR) is 105 cm³/mol. The Morgan fingerprint density at radius 2 is 1.96 bits per heavy atom. The van der Waals surface area contributed by atoms with Gasteiger partial charge in [-0.2, -0.15) is 0 Å². The number of fused-ring (bicyclic) bond motifs is 1. The zero-order chi connectivity index (χ0) is 18.5. The van der Waals surface area contributed by atoms with Crippen LogP contribution in [0.25, 0.3) is 10.1 Å². The van der Waals surface area contributed by atoms with E-state index in [2.05, 4.69) is 10.6 Å². The first kappa shape index (κ1) is 18.2. The van der Waals surface area contributed by atoms with Crippen molar-refractivity contribution >= 4 is 50.5 Å². The number of carbonyl (C=O) groups excluding carboxylic acids is 2. The van der Waals surface area contributed by atoms with Gasteiger partial charge in [0, 0.05) is 28.4 Å². The van der Waals surface area contributed by atoms with Crippen LogP contribution < -0.4 is 15.4 Å². The summed E-state index contributed by atoms with van der Waals surface area (Å²) in [4.78, 5) is 24.5. The Hall–Kier alpha value is -2.57. The fraction of sp³-hybridized carbons (Fsp3) is 0.158. The molecule has 1 aromatic heterocycles. The smallest absolute Gasteiger partial charge is 0.267 e. The molecule has 0 aliphatic carbocycles. The summed E-state index contributed by atoms with van der Waals surface area (Å²) in [6, 6.07) is 14.5. The van der Waals surface area contributed by atoms with E-state index < -0.39 is 0 Å². The van der Waals surface area contributed by atoms with Crippen molar-refractivity contribution in [1.82, 2.24) is 5.32 Å². The average molecular weight is 389 g/mol. The maximum absolute atomic E-state index is 12.6. The fourth-order valence-electron chi connectivity index (χ4n) is 2.41. The lowest BCUT2D eigenvalue weighted by atomic mass is 10.2.